The Morgan fingerprint density at radius 2 is 1.39 bits per heavy atom. The Balaban J connectivity index is 2.27. The molecule has 0 unspecified atom stereocenters. The van der Waals surface area contributed by atoms with Crippen molar-refractivity contribution in [2.45, 2.75) is 20.4 Å². The van der Waals surface area contributed by atoms with Crippen LogP contribution in [0.1, 0.15) is 30.5 Å². The molecule has 1 aliphatic rings. The van der Waals surface area contributed by atoms with E-state index in [1.165, 1.54) is 33.5 Å². The third-order valence-corrected chi connectivity index (χ3v) is 3.78. The van der Waals surface area contributed by atoms with Crippen LogP contribution in [0.15, 0.2) is 48.5 Å². The van der Waals surface area contributed by atoms with Crippen LogP contribution in [0.2, 0.25) is 0 Å². The van der Waals surface area contributed by atoms with Crippen molar-refractivity contribution in [1.29, 1.82) is 0 Å². The maximum Gasteiger partial charge on any atom is 0.0419 e. The van der Waals surface area contributed by atoms with Gasteiger partial charge in [-0.25, -0.2) is 0 Å². The van der Waals surface area contributed by atoms with Gasteiger partial charge in [-0.3, -0.25) is 0 Å². The summed E-state index contributed by atoms with van der Waals surface area (Å²) in [7, 11) is 0. The fourth-order valence-electron chi connectivity index (χ4n) is 2.60. The monoisotopic (exact) mass is 235 g/mol. The normalized spacial score (nSPS) is 18.1. The summed E-state index contributed by atoms with van der Waals surface area (Å²) in [6, 6.07) is 17.2. The summed E-state index contributed by atoms with van der Waals surface area (Å²) >= 11 is 0. The third kappa shape index (κ3) is 1.72. The standard InChI is InChI=1S/C17H17N/c1-12-13(2)16-9-5-6-10-17(16)18-11-14-7-3-4-8-15(12)14/h3-10,18H,11H2,1-2H3/b13-12-. The molecular formula is C17H17N. The van der Waals surface area contributed by atoms with Crippen molar-refractivity contribution >= 4 is 16.8 Å². The van der Waals surface area contributed by atoms with Crippen LogP contribution in [-0.2, 0) is 6.54 Å². The number of para-hydroxylation sites is 1. The van der Waals surface area contributed by atoms with Gasteiger partial charge in [0.05, 0.1) is 0 Å². The number of benzene rings is 2. The summed E-state index contributed by atoms with van der Waals surface area (Å²) in [6.07, 6.45) is 0. The second-order valence-corrected chi connectivity index (χ2v) is 4.81. The van der Waals surface area contributed by atoms with Gasteiger partial charge in [-0.2, -0.15) is 0 Å². The molecule has 2 aromatic rings. The number of hydrogen-bond donors (Lipinski definition) is 1. The molecule has 0 aromatic heterocycles. The number of hydrogen-bond acceptors (Lipinski definition) is 1. The van der Waals surface area contributed by atoms with Crippen LogP contribution in [-0.4, -0.2) is 0 Å². The van der Waals surface area contributed by atoms with Gasteiger partial charge < -0.3 is 5.32 Å². The lowest BCUT2D eigenvalue weighted by atomic mass is 9.91. The summed E-state index contributed by atoms with van der Waals surface area (Å²) in [4.78, 5) is 0. The Hall–Kier alpha value is -2.02. The largest absolute Gasteiger partial charge is 0.380 e. The molecule has 18 heavy (non-hydrogen) atoms. The minimum absolute atomic E-state index is 0.887. The average Bonchev–Trinajstić information content (AvgIpc) is 2.43. The zero-order chi connectivity index (χ0) is 12.5. The van der Waals surface area contributed by atoms with Crippen LogP contribution >= 0.6 is 0 Å². The zero-order valence-electron chi connectivity index (χ0n) is 10.8. The Kier molecular flexibility index (Phi) is 2.67. The van der Waals surface area contributed by atoms with Gasteiger partial charge in [0.1, 0.15) is 0 Å². The minimum atomic E-state index is 0.887. The lowest BCUT2D eigenvalue weighted by molar-refractivity contribution is 1.13. The Morgan fingerprint density at radius 3 is 2.22 bits per heavy atom. The lowest BCUT2D eigenvalue weighted by Gasteiger charge is -2.21. The van der Waals surface area contributed by atoms with Crippen molar-refractivity contribution in [2.24, 2.45) is 0 Å². The van der Waals surface area contributed by atoms with Gasteiger partial charge in [0.15, 0.2) is 0 Å². The van der Waals surface area contributed by atoms with E-state index in [2.05, 4.69) is 67.7 Å². The van der Waals surface area contributed by atoms with E-state index < -0.39 is 0 Å². The maximum absolute atomic E-state index is 3.54. The number of nitrogens with one attached hydrogen (secondary N) is 1. The summed E-state index contributed by atoms with van der Waals surface area (Å²) in [5, 5.41) is 3.54. The molecule has 3 rings (SSSR count). The van der Waals surface area contributed by atoms with Crippen molar-refractivity contribution in [3.63, 3.8) is 0 Å². The summed E-state index contributed by atoms with van der Waals surface area (Å²) < 4.78 is 0. The molecule has 1 N–H and O–H groups in total. The van der Waals surface area contributed by atoms with Gasteiger partial charge in [-0.15, -0.1) is 0 Å². The SMILES string of the molecule is C/C1=C(\C)c2ccccc2NCc2ccccc21. The maximum atomic E-state index is 3.54. The molecule has 90 valence electrons. The molecule has 1 nitrogen and oxygen atoms in total. The fourth-order valence-corrected chi connectivity index (χ4v) is 2.60. The first-order chi connectivity index (χ1) is 8.77. The van der Waals surface area contributed by atoms with E-state index in [0.29, 0.717) is 0 Å². The topological polar surface area (TPSA) is 12.0 Å². The van der Waals surface area contributed by atoms with Crippen molar-refractivity contribution in [2.75, 3.05) is 5.32 Å². The fraction of sp³-hybridized carbons (Fsp3) is 0.176. The molecule has 0 radical (unpaired) electrons. The van der Waals surface area contributed by atoms with Gasteiger partial charge in [-0.1, -0.05) is 42.5 Å². The predicted molar refractivity (Wildman–Crippen MR) is 78.4 cm³/mol. The van der Waals surface area contributed by atoms with Crippen molar-refractivity contribution < 1.29 is 0 Å². The molecule has 0 atom stereocenters. The van der Waals surface area contributed by atoms with E-state index in [9.17, 15) is 0 Å². The first-order valence-electron chi connectivity index (χ1n) is 6.36. The molecular weight excluding hydrogens is 218 g/mol. The number of rotatable bonds is 0. The number of allylic oxidation sites excluding steroid dienone is 2. The van der Waals surface area contributed by atoms with Crippen LogP contribution in [0, 0.1) is 0 Å². The molecule has 0 amide bonds. The predicted octanol–water partition coefficient (Wildman–Crippen LogP) is 4.56. The first-order valence-corrected chi connectivity index (χ1v) is 6.36. The van der Waals surface area contributed by atoms with Crippen LogP contribution in [0.5, 0.6) is 0 Å². The quantitative estimate of drug-likeness (QED) is 0.705. The molecule has 1 aliphatic heterocycles. The second kappa shape index (κ2) is 4.34. The van der Waals surface area contributed by atoms with Gasteiger partial charge in [0.25, 0.3) is 0 Å². The highest BCUT2D eigenvalue weighted by atomic mass is 14.9. The number of anilines is 1. The van der Waals surface area contributed by atoms with Crippen LogP contribution < -0.4 is 5.32 Å². The highest BCUT2D eigenvalue weighted by Gasteiger charge is 2.13. The van der Waals surface area contributed by atoms with E-state index in [1.807, 2.05) is 0 Å². The molecule has 1 heterocycles. The van der Waals surface area contributed by atoms with E-state index in [1.54, 1.807) is 0 Å². The number of fused-ring (bicyclic) bond motifs is 2. The average molecular weight is 235 g/mol. The van der Waals surface area contributed by atoms with Gasteiger partial charge in [0.2, 0.25) is 0 Å². The third-order valence-electron chi connectivity index (χ3n) is 3.78. The minimum Gasteiger partial charge on any atom is -0.380 e. The molecule has 0 saturated carbocycles. The van der Waals surface area contributed by atoms with E-state index in [-0.39, 0.29) is 0 Å². The molecule has 0 saturated heterocycles. The van der Waals surface area contributed by atoms with Gasteiger partial charge in [-0.05, 0) is 42.2 Å². The first kappa shape index (κ1) is 11.1. The van der Waals surface area contributed by atoms with E-state index >= 15 is 0 Å². The van der Waals surface area contributed by atoms with Gasteiger partial charge >= 0.3 is 0 Å². The van der Waals surface area contributed by atoms with Crippen LogP contribution in [0.4, 0.5) is 5.69 Å². The molecule has 0 fully saturated rings. The zero-order valence-corrected chi connectivity index (χ0v) is 10.8. The van der Waals surface area contributed by atoms with E-state index in [4.69, 9.17) is 0 Å². The lowest BCUT2D eigenvalue weighted by Crippen LogP contribution is -2.07. The Morgan fingerprint density at radius 1 is 0.778 bits per heavy atom. The molecule has 0 spiro atoms. The smallest absolute Gasteiger partial charge is 0.0419 e. The molecule has 1 heteroatoms. The molecule has 2 aromatic carbocycles. The Bertz CT molecular complexity index is 568. The second-order valence-electron chi connectivity index (χ2n) is 4.81. The van der Waals surface area contributed by atoms with Gasteiger partial charge in [0, 0.05) is 17.8 Å². The molecule has 0 aliphatic carbocycles. The highest BCUT2D eigenvalue weighted by Crippen LogP contribution is 2.34. The molecule has 0 bridgehead atoms. The van der Waals surface area contributed by atoms with Crippen LogP contribution in [0.3, 0.4) is 0 Å². The summed E-state index contributed by atoms with van der Waals surface area (Å²) in [5.74, 6) is 0. The summed E-state index contributed by atoms with van der Waals surface area (Å²) in [5.41, 5.74) is 7.99. The van der Waals surface area contributed by atoms with Crippen molar-refractivity contribution in [3.05, 3.63) is 65.2 Å². The van der Waals surface area contributed by atoms with Crippen LogP contribution in [0.25, 0.3) is 11.1 Å². The van der Waals surface area contributed by atoms with Crippen molar-refractivity contribution in [1.82, 2.24) is 0 Å². The summed E-state index contributed by atoms with van der Waals surface area (Å²) in [6.45, 7) is 5.31. The van der Waals surface area contributed by atoms with Crippen molar-refractivity contribution in [3.8, 4) is 0 Å². The van der Waals surface area contributed by atoms with E-state index in [0.717, 1.165) is 6.54 Å². The highest BCUT2D eigenvalue weighted by molar-refractivity contribution is 5.94. The Labute approximate surface area is 108 Å².